The van der Waals surface area contributed by atoms with Gasteiger partial charge in [0.05, 0.1) is 5.69 Å². The van der Waals surface area contributed by atoms with Crippen LogP contribution in [0.3, 0.4) is 0 Å². The maximum absolute atomic E-state index is 5.55. The molecule has 1 unspecified atom stereocenters. The minimum Gasteiger partial charge on any atom is -0.388 e. The Balaban J connectivity index is 2.02. The van der Waals surface area contributed by atoms with Gasteiger partial charge in [0, 0.05) is 6.04 Å². The van der Waals surface area contributed by atoms with Crippen molar-refractivity contribution in [1.82, 2.24) is 4.98 Å². The van der Waals surface area contributed by atoms with Crippen molar-refractivity contribution in [2.24, 2.45) is 11.7 Å². The summed E-state index contributed by atoms with van der Waals surface area (Å²) in [4.78, 5) is 4.72. The topological polar surface area (TPSA) is 50.9 Å². The van der Waals surface area contributed by atoms with E-state index in [-0.39, 0.29) is 0 Å². The maximum Gasteiger partial charge on any atom is 0.126 e. The number of aromatic nitrogens is 1. The zero-order chi connectivity index (χ0) is 11.5. The van der Waals surface area contributed by atoms with Crippen molar-refractivity contribution in [2.45, 2.75) is 32.2 Å². The van der Waals surface area contributed by atoms with Crippen molar-refractivity contribution in [2.75, 3.05) is 5.32 Å². The van der Waals surface area contributed by atoms with Crippen LogP contribution in [-0.4, -0.2) is 16.0 Å². The molecule has 16 heavy (non-hydrogen) atoms. The molecule has 1 fully saturated rings. The molecule has 1 aliphatic carbocycles. The summed E-state index contributed by atoms with van der Waals surface area (Å²) >= 11 is 4.91. The van der Waals surface area contributed by atoms with Crippen LogP contribution in [0.4, 0.5) is 5.82 Å². The maximum atomic E-state index is 5.55. The van der Waals surface area contributed by atoms with E-state index in [9.17, 15) is 0 Å². The molecule has 1 aromatic heterocycles. The summed E-state index contributed by atoms with van der Waals surface area (Å²) in [6.45, 7) is 2.21. The molecular formula is C12H17N3S. The third kappa shape index (κ3) is 2.50. The van der Waals surface area contributed by atoms with E-state index in [1.807, 2.05) is 18.2 Å². The molecule has 1 heterocycles. The Hall–Kier alpha value is -1.16. The molecule has 1 atom stereocenters. The van der Waals surface area contributed by atoms with E-state index >= 15 is 0 Å². The fourth-order valence-corrected chi connectivity index (χ4v) is 2.06. The smallest absolute Gasteiger partial charge is 0.126 e. The Kier molecular flexibility index (Phi) is 3.39. The van der Waals surface area contributed by atoms with Crippen LogP contribution in [0.2, 0.25) is 0 Å². The first kappa shape index (κ1) is 11.3. The van der Waals surface area contributed by atoms with Gasteiger partial charge in [-0.1, -0.05) is 24.7 Å². The molecule has 0 aliphatic heterocycles. The van der Waals surface area contributed by atoms with Crippen molar-refractivity contribution in [3.05, 3.63) is 23.9 Å². The molecule has 0 spiro atoms. The van der Waals surface area contributed by atoms with Gasteiger partial charge in [0.1, 0.15) is 10.8 Å². The van der Waals surface area contributed by atoms with E-state index in [0.29, 0.717) is 16.7 Å². The second-order valence-electron chi connectivity index (χ2n) is 4.40. The quantitative estimate of drug-likeness (QED) is 0.786. The number of nitrogens with one attached hydrogen (secondary N) is 1. The zero-order valence-corrected chi connectivity index (χ0v) is 10.3. The Morgan fingerprint density at radius 3 is 2.88 bits per heavy atom. The lowest BCUT2D eigenvalue weighted by Crippen LogP contribution is -2.31. The van der Waals surface area contributed by atoms with E-state index in [1.165, 1.54) is 19.3 Å². The van der Waals surface area contributed by atoms with Gasteiger partial charge in [0.25, 0.3) is 0 Å². The Bertz CT molecular complexity index is 388. The molecule has 1 aliphatic rings. The Labute approximate surface area is 101 Å². The number of rotatable bonds is 4. The van der Waals surface area contributed by atoms with Crippen molar-refractivity contribution in [1.29, 1.82) is 0 Å². The van der Waals surface area contributed by atoms with E-state index in [1.54, 1.807) is 0 Å². The van der Waals surface area contributed by atoms with Gasteiger partial charge in [-0.2, -0.15) is 0 Å². The monoisotopic (exact) mass is 235 g/mol. The molecule has 3 nitrogen and oxygen atoms in total. The minimum absolute atomic E-state index is 0.347. The molecule has 0 bridgehead atoms. The number of pyridine rings is 1. The summed E-state index contributed by atoms with van der Waals surface area (Å²) < 4.78 is 0. The first-order valence-electron chi connectivity index (χ1n) is 5.70. The van der Waals surface area contributed by atoms with Gasteiger partial charge in [-0.05, 0) is 37.8 Å². The summed E-state index contributed by atoms with van der Waals surface area (Å²) in [5.74, 6) is 1.65. The highest BCUT2D eigenvalue weighted by atomic mass is 32.1. The molecule has 0 saturated heterocycles. The average Bonchev–Trinajstić information content (AvgIpc) is 2.15. The van der Waals surface area contributed by atoms with E-state index in [0.717, 1.165) is 11.7 Å². The fourth-order valence-electron chi connectivity index (χ4n) is 1.94. The zero-order valence-electron chi connectivity index (χ0n) is 9.44. The van der Waals surface area contributed by atoms with Crippen molar-refractivity contribution < 1.29 is 0 Å². The van der Waals surface area contributed by atoms with Crippen LogP contribution in [0.25, 0.3) is 0 Å². The minimum atomic E-state index is 0.347. The Morgan fingerprint density at radius 1 is 1.56 bits per heavy atom. The van der Waals surface area contributed by atoms with Crippen molar-refractivity contribution >= 4 is 23.0 Å². The summed E-state index contributed by atoms with van der Waals surface area (Å²) in [6.07, 6.45) is 4.00. The predicted octanol–water partition coefficient (Wildman–Crippen LogP) is 2.32. The van der Waals surface area contributed by atoms with Crippen LogP contribution in [-0.2, 0) is 0 Å². The second-order valence-corrected chi connectivity index (χ2v) is 4.84. The lowest BCUT2D eigenvalue weighted by Gasteiger charge is -2.32. The molecule has 3 N–H and O–H groups in total. The molecule has 4 heteroatoms. The molecule has 1 saturated carbocycles. The highest BCUT2D eigenvalue weighted by Gasteiger charge is 2.23. The number of thiocarbonyl (C=S) groups is 1. The number of nitrogens with zero attached hydrogens (tertiary/aromatic N) is 1. The number of hydrogen-bond donors (Lipinski definition) is 2. The SMILES string of the molecule is CC(Nc1cccc(C(N)=S)n1)C1CCC1. The van der Waals surface area contributed by atoms with Crippen molar-refractivity contribution in [3.8, 4) is 0 Å². The van der Waals surface area contributed by atoms with E-state index in [2.05, 4.69) is 17.2 Å². The highest BCUT2D eigenvalue weighted by molar-refractivity contribution is 7.80. The van der Waals surface area contributed by atoms with Crippen LogP contribution < -0.4 is 11.1 Å². The summed E-state index contributed by atoms with van der Waals surface area (Å²) in [7, 11) is 0. The third-order valence-corrected chi connectivity index (χ3v) is 3.44. The van der Waals surface area contributed by atoms with Gasteiger partial charge in [-0.3, -0.25) is 0 Å². The highest BCUT2D eigenvalue weighted by Crippen LogP contribution is 2.30. The van der Waals surface area contributed by atoms with Crippen molar-refractivity contribution in [3.63, 3.8) is 0 Å². The van der Waals surface area contributed by atoms with Gasteiger partial charge in [0.2, 0.25) is 0 Å². The fraction of sp³-hybridized carbons (Fsp3) is 0.500. The molecule has 0 aromatic carbocycles. The predicted molar refractivity (Wildman–Crippen MR) is 70.6 cm³/mol. The van der Waals surface area contributed by atoms with Gasteiger partial charge in [0.15, 0.2) is 0 Å². The van der Waals surface area contributed by atoms with Gasteiger partial charge < -0.3 is 11.1 Å². The van der Waals surface area contributed by atoms with Crippen LogP contribution in [0.5, 0.6) is 0 Å². The van der Waals surface area contributed by atoms with Crippen LogP contribution in [0.15, 0.2) is 18.2 Å². The Morgan fingerprint density at radius 2 is 2.31 bits per heavy atom. The first-order valence-corrected chi connectivity index (χ1v) is 6.11. The number of nitrogens with two attached hydrogens (primary N) is 1. The molecule has 1 aromatic rings. The summed E-state index contributed by atoms with van der Waals surface area (Å²) in [6, 6.07) is 6.19. The largest absolute Gasteiger partial charge is 0.388 e. The molecular weight excluding hydrogens is 218 g/mol. The van der Waals surface area contributed by atoms with Crippen LogP contribution in [0, 0.1) is 5.92 Å². The van der Waals surface area contributed by atoms with Gasteiger partial charge >= 0.3 is 0 Å². The van der Waals surface area contributed by atoms with E-state index in [4.69, 9.17) is 18.0 Å². The average molecular weight is 235 g/mol. The normalized spacial score (nSPS) is 17.6. The summed E-state index contributed by atoms with van der Waals surface area (Å²) in [5, 5.41) is 3.41. The van der Waals surface area contributed by atoms with Gasteiger partial charge in [-0.25, -0.2) is 4.98 Å². The van der Waals surface area contributed by atoms with Crippen LogP contribution >= 0.6 is 12.2 Å². The molecule has 0 radical (unpaired) electrons. The molecule has 0 amide bonds. The lowest BCUT2D eigenvalue weighted by molar-refractivity contribution is 0.285. The molecule has 2 rings (SSSR count). The standard InChI is InChI=1S/C12H17N3S/c1-8(9-4-2-5-9)14-11-7-3-6-10(15-11)12(13)16/h3,6-9H,2,4-5H2,1H3,(H2,13,16)(H,14,15). The van der Waals surface area contributed by atoms with E-state index < -0.39 is 0 Å². The van der Waals surface area contributed by atoms with Gasteiger partial charge in [-0.15, -0.1) is 0 Å². The van der Waals surface area contributed by atoms with Crippen LogP contribution in [0.1, 0.15) is 31.9 Å². The second kappa shape index (κ2) is 4.78. The number of anilines is 1. The lowest BCUT2D eigenvalue weighted by atomic mass is 9.80. The summed E-state index contributed by atoms with van der Waals surface area (Å²) in [5.41, 5.74) is 6.23. The third-order valence-electron chi connectivity index (χ3n) is 3.23. The first-order chi connectivity index (χ1) is 7.66. The molecule has 86 valence electrons. The number of hydrogen-bond acceptors (Lipinski definition) is 3.